The van der Waals surface area contributed by atoms with Crippen molar-refractivity contribution in [1.82, 2.24) is 19.9 Å². The summed E-state index contributed by atoms with van der Waals surface area (Å²) in [5.74, 6) is 0. The van der Waals surface area contributed by atoms with Crippen molar-refractivity contribution in [2.75, 3.05) is 13.1 Å². The van der Waals surface area contributed by atoms with Crippen LogP contribution in [0, 0.1) is 0 Å². The molecule has 0 radical (unpaired) electrons. The Hall–Kier alpha value is -1.68. The van der Waals surface area contributed by atoms with Gasteiger partial charge in [0.05, 0.1) is 6.20 Å². The number of fused-ring (bicyclic) bond motifs is 1. The standard InChI is InChI=1S/C11H12N4/c1-4-13-11-10(8-14-15(11)7-1)9-2-5-12-6-3-9/h1-2,4,7-8,12H,3,5-6H2. The first-order valence-electron chi connectivity index (χ1n) is 5.13. The van der Waals surface area contributed by atoms with Crippen molar-refractivity contribution < 1.29 is 0 Å². The lowest BCUT2D eigenvalue weighted by molar-refractivity contribution is 0.739. The molecule has 0 atom stereocenters. The second kappa shape index (κ2) is 3.47. The fraction of sp³-hybridized carbons (Fsp3) is 0.273. The van der Waals surface area contributed by atoms with Crippen molar-refractivity contribution >= 4 is 11.2 Å². The van der Waals surface area contributed by atoms with Crippen molar-refractivity contribution in [1.29, 1.82) is 0 Å². The van der Waals surface area contributed by atoms with Crippen LogP contribution in [0.2, 0.25) is 0 Å². The van der Waals surface area contributed by atoms with Crippen molar-refractivity contribution in [3.8, 4) is 0 Å². The molecule has 0 bridgehead atoms. The van der Waals surface area contributed by atoms with E-state index in [1.807, 2.05) is 29.2 Å². The van der Waals surface area contributed by atoms with E-state index in [1.165, 1.54) is 5.57 Å². The van der Waals surface area contributed by atoms with Gasteiger partial charge >= 0.3 is 0 Å². The van der Waals surface area contributed by atoms with Gasteiger partial charge in [-0.15, -0.1) is 0 Å². The molecule has 76 valence electrons. The monoisotopic (exact) mass is 200 g/mol. The number of nitrogens with one attached hydrogen (secondary N) is 1. The second-order valence-electron chi connectivity index (χ2n) is 3.63. The van der Waals surface area contributed by atoms with Gasteiger partial charge in [0, 0.05) is 24.5 Å². The maximum atomic E-state index is 4.36. The SMILES string of the molecule is C1=C(c2cnn3cccnc23)CCNC1. The van der Waals surface area contributed by atoms with E-state index in [1.54, 1.807) is 0 Å². The van der Waals surface area contributed by atoms with E-state index >= 15 is 0 Å². The van der Waals surface area contributed by atoms with E-state index in [0.717, 1.165) is 30.7 Å². The van der Waals surface area contributed by atoms with Gasteiger partial charge in [0.25, 0.3) is 0 Å². The van der Waals surface area contributed by atoms with Crippen LogP contribution in [0.15, 0.2) is 30.7 Å². The lowest BCUT2D eigenvalue weighted by Crippen LogP contribution is -2.20. The molecule has 0 saturated heterocycles. The van der Waals surface area contributed by atoms with Gasteiger partial charge in [-0.2, -0.15) is 5.10 Å². The third-order valence-corrected chi connectivity index (χ3v) is 2.69. The van der Waals surface area contributed by atoms with Crippen molar-refractivity contribution in [2.45, 2.75) is 6.42 Å². The van der Waals surface area contributed by atoms with Gasteiger partial charge in [-0.05, 0) is 24.6 Å². The molecule has 0 saturated carbocycles. The molecule has 0 amide bonds. The van der Waals surface area contributed by atoms with Crippen molar-refractivity contribution in [3.05, 3.63) is 36.3 Å². The average Bonchev–Trinajstić information content (AvgIpc) is 2.74. The average molecular weight is 200 g/mol. The van der Waals surface area contributed by atoms with Crippen LogP contribution in [-0.4, -0.2) is 27.7 Å². The molecular formula is C11H12N4. The van der Waals surface area contributed by atoms with Gasteiger partial charge in [-0.25, -0.2) is 9.50 Å². The minimum Gasteiger partial charge on any atom is -0.313 e. The normalized spacial score (nSPS) is 16.7. The highest BCUT2D eigenvalue weighted by Gasteiger charge is 2.11. The first kappa shape index (κ1) is 8.61. The summed E-state index contributed by atoms with van der Waals surface area (Å²) in [7, 11) is 0. The summed E-state index contributed by atoms with van der Waals surface area (Å²) >= 11 is 0. The molecule has 2 aromatic heterocycles. The van der Waals surface area contributed by atoms with Crippen LogP contribution in [0.4, 0.5) is 0 Å². The zero-order chi connectivity index (χ0) is 10.1. The summed E-state index contributed by atoms with van der Waals surface area (Å²) in [6.45, 7) is 1.98. The van der Waals surface area contributed by atoms with E-state index in [9.17, 15) is 0 Å². The second-order valence-corrected chi connectivity index (χ2v) is 3.63. The molecule has 0 aromatic carbocycles. The fourth-order valence-corrected chi connectivity index (χ4v) is 1.92. The highest BCUT2D eigenvalue weighted by atomic mass is 15.2. The number of hydrogen-bond donors (Lipinski definition) is 1. The summed E-state index contributed by atoms with van der Waals surface area (Å²) in [6, 6.07) is 1.89. The quantitative estimate of drug-likeness (QED) is 0.749. The topological polar surface area (TPSA) is 42.2 Å². The Kier molecular flexibility index (Phi) is 1.99. The third-order valence-electron chi connectivity index (χ3n) is 2.69. The third kappa shape index (κ3) is 1.43. The number of aromatic nitrogens is 3. The number of nitrogens with zero attached hydrogens (tertiary/aromatic N) is 3. The summed E-state index contributed by atoms with van der Waals surface area (Å²) in [6.07, 6.45) is 8.90. The van der Waals surface area contributed by atoms with Crippen LogP contribution in [0.5, 0.6) is 0 Å². The van der Waals surface area contributed by atoms with Crippen LogP contribution in [0.3, 0.4) is 0 Å². The smallest absolute Gasteiger partial charge is 0.162 e. The summed E-state index contributed by atoms with van der Waals surface area (Å²) < 4.78 is 1.82. The Balaban J connectivity index is 2.14. The van der Waals surface area contributed by atoms with Gasteiger partial charge in [0.1, 0.15) is 0 Å². The zero-order valence-electron chi connectivity index (χ0n) is 8.35. The van der Waals surface area contributed by atoms with Gasteiger partial charge in [-0.3, -0.25) is 0 Å². The zero-order valence-corrected chi connectivity index (χ0v) is 8.35. The van der Waals surface area contributed by atoms with Crippen LogP contribution >= 0.6 is 0 Å². The first-order chi connectivity index (χ1) is 7.45. The summed E-state index contributed by atoms with van der Waals surface area (Å²) in [5.41, 5.74) is 3.46. The van der Waals surface area contributed by atoms with Crippen molar-refractivity contribution in [3.63, 3.8) is 0 Å². The molecule has 1 N–H and O–H groups in total. The predicted octanol–water partition coefficient (Wildman–Crippen LogP) is 1.11. The van der Waals surface area contributed by atoms with Crippen LogP contribution in [0.25, 0.3) is 11.2 Å². The van der Waals surface area contributed by atoms with Crippen LogP contribution in [-0.2, 0) is 0 Å². The highest BCUT2D eigenvalue weighted by Crippen LogP contribution is 2.22. The summed E-state index contributed by atoms with van der Waals surface area (Å²) in [4.78, 5) is 4.36. The molecule has 0 unspecified atom stereocenters. The molecule has 3 heterocycles. The van der Waals surface area contributed by atoms with Gasteiger partial charge in [0.2, 0.25) is 0 Å². The molecule has 2 aromatic rings. The Bertz CT molecular complexity index is 512. The van der Waals surface area contributed by atoms with E-state index < -0.39 is 0 Å². The number of rotatable bonds is 1. The van der Waals surface area contributed by atoms with E-state index in [4.69, 9.17) is 0 Å². The molecule has 4 nitrogen and oxygen atoms in total. The molecule has 1 aliphatic heterocycles. The van der Waals surface area contributed by atoms with Crippen LogP contribution in [0.1, 0.15) is 12.0 Å². The Morgan fingerprint density at radius 2 is 2.40 bits per heavy atom. The maximum Gasteiger partial charge on any atom is 0.162 e. The molecule has 0 aliphatic carbocycles. The lowest BCUT2D eigenvalue weighted by Gasteiger charge is -2.12. The Morgan fingerprint density at radius 3 is 3.27 bits per heavy atom. The molecule has 0 spiro atoms. The fourth-order valence-electron chi connectivity index (χ4n) is 1.92. The molecular weight excluding hydrogens is 188 g/mol. The van der Waals surface area contributed by atoms with E-state index in [2.05, 4.69) is 21.5 Å². The van der Waals surface area contributed by atoms with Gasteiger partial charge in [-0.1, -0.05) is 6.08 Å². The predicted molar refractivity (Wildman–Crippen MR) is 58.5 cm³/mol. The molecule has 1 aliphatic rings. The lowest BCUT2D eigenvalue weighted by atomic mass is 10.0. The van der Waals surface area contributed by atoms with Crippen LogP contribution < -0.4 is 5.32 Å². The largest absolute Gasteiger partial charge is 0.313 e. The maximum absolute atomic E-state index is 4.36. The molecule has 15 heavy (non-hydrogen) atoms. The minimum atomic E-state index is 0.944. The van der Waals surface area contributed by atoms with E-state index in [0.29, 0.717) is 0 Å². The Morgan fingerprint density at radius 1 is 1.40 bits per heavy atom. The summed E-state index contributed by atoms with van der Waals surface area (Å²) in [5, 5.41) is 7.59. The van der Waals surface area contributed by atoms with Gasteiger partial charge < -0.3 is 5.32 Å². The highest BCUT2D eigenvalue weighted by molar-refractivity contribution is 5.76. The first-order valence-corrected chi connectivity index (χ1v) is 5.13. The molecule has 0 fully saturated rings. The number of hydrogen-bond acceptors (Lipinski definition) is 3. The van der Waals surface area contributed by atoms with Crippen molar-refractivity contribution in [2.24, 2.45) is 0 Å². The van der Waals surface area contributed by atoms with E-state index in [-0.39, 0.29) is 0 Å². The molecule has 3 rings (SSSR count). The minimum absolute atomic E-state index is 0.944. The van der Waals surface area contributed by atoms with Gasteiger partial charge in [0.15, 0.2) is 5.65 Å². The Labute approximate surface area is 87.6 Å². The molecule has 4 heteroatoms.